The van der Waals surface area contributed by atoms with E-state index in [4.69, 9.17) is 5.73 Å². The smallest absolute Gasteiger partial charge is 0.242 e. The van der Waals surface area contributed by atoms with E-state index in [2.05, 4.69) is 10.0 Å². The third-order valence-electron chi connectivity index (χ3n) is 3.66. The molecule has 2 unspecified atom stereocenters. The molecular weight excluding hydrogens is 278 g/mol. The van der Waals surface area contributed by atoms with Crippen LogP contribution in [0, 0.1) is 5.92 Å². The molecule has 6 nitrogen and oxygen atoms in total. The predicted octanol–water partition coefficient (Wildman–Crippen LogP) is 0.750. The molecule has 0 aliphatic heterocycles. The Morgan fingerprint density at radius 2 is 2.15 bits per heavy atom. The highest BCUT2D eigenvalue weighted by Gasteiger charge is 2.23. The van der Waals surface area contributed by atoms with Gasteiger partial charge in [0.15, 0.2) is 0 Å². The SMILES string of the molecule is CNS(=O)(=O)c1cc(N)ccc1NCC1CCC(O)C1. The lowest BCUT2D eigenvalue weighted by Crippen LogP contribution is -2.21. The largest absolute Gasteiger partial charge is 0.399 e. The van der Waals surface area contributed by atoms with Gasteiger partial charge in [-0.25, -0.2) is 13.1 Å². The maximum Gasteiger partial charge on any atom is 0.242 e. The van der Waals surface area contributed by atoms with Crippen LogP contribution in [0.25, 0.3) is 0 Å². The molecule has 5 N–H and O–H groups in total. The van der Waals surface area contributed by atoms with E-state index >= 15 is 0 Å². The number of aliphatic hydroxyl groups is 1. The normalized spacial score (nSPS) is 22.9. The zero-order valence-corrected chi connectivity index (χ0v) is 12.3. The molecule has 1 aliphatic rings. The first kappa shape index (κ1) is 15.1. The van der Waals surface area contributed by atoms with Crippen molar-refractivity contribution in [3.63, 3.8) is 0 Å². The van der Waals surface area contributed by atoms with Gasteiger partial charge in [0.25, 0.3) is 0 Å². The third-order valence-corrected chi connectivity index (χ3v) is 5.11. The topological polar surface area (TPSA) is 104 Å². The number of hydrogen-bond acceptors (Lipinski definition) is 5. The van der Waals surface area contributed by atoms with Gasteiger partial charge in [-0.3, -0.25) is 0 Å². The minimum atomic E-state index is -3.55. The summed E-state index contributed by atoms with van der Waals surface area (Å²) >= 11 is 0. The summed E-state index contributed by atoms with van der Waals surface area (Å²) in [6.45, 7) is 0.646. The zero-order valence-electron chi connectivity index (χ0n) is 11.5. The molecule has 1 aliphatic carbocycles. The van der Waals surface area contributed by atoms with E-state index in [-0.39, 0.29) is 11.0 Å². The summed E-state index contributed by atoms with van der Waals surface area (Å²) in [6, 6.07) is 4.78. The molecule has 1 aromatic carbocycles. The molecule has 1 fully saturated rings. The summed E-state index contributed by atoms with van der Waals surface area (Å²) in [7, 11) is -2.18. The molecular formula is C13H21N3O3S. The molecule has 0 spiro atoms. The van der Waals surface area contributed by atoms with Crippen molar-refractivity contribution in [2.24, 2.45) is 5.92 Å². The van der Waals surface area contributed by atoms with Crippen molar-refractivity contribution in [1.82, 2.24) is 4.72 Å². The summed E-state index contributed by atoms with van der Waals surface area (Å²) in [6.07, 6.45) is 2.30. The Labute approximate surface area is 119 Å². The molecule has 0 heterocycles. The van der Waals surface area contributed by atoms with Crippen LogP contribution in [0.2, 0.25) is 0 Å². The molecule has 0 radical (unpaired) electrons. The predicted molar refractivity (Wildman–Crippen MR) is 78.9 cm³/mol. The first-order valence-corrected chi connectivity index (χ1v) is 8.15. The average Bonchev–Trinajstić information content (AvgIpc) is 2.83. The third kappa shape index (κ3) is 3.41. The van der Waals surface area contributed by atoms with Crippen LogP contribution in [0.3, 0.4) is 0 Å². The molecule has 0 saturated heterocycles. The minimum Gasteiger partial charge on any atom is -0.399 e. The number of nitrogens with two attached hydrogens (primary N) is 1. The Kier molecular flexibility index (Phi) is 4.52. The Morgan fingerprint density at radius 3 is 2.75 bits per heavy atom. The molecule has 0 bridgehead atoms. The van der Waals surface area contributed by atoms with E-state index in [0.29, 0.717) is 23.8 Å². The van der Waals surface area contributed by atoms with E-state index in [1.54, 1.807) is 12.1 Å². The van der Waals surface area contributed by atoms with Crippen LogP contribution >= 0.6 is 0 Å². The van der Waals surface area contributed by atoms with Gasteiger partial charge in [0.2, 0.25) is 10.0 Å². The van der Waals surface area contributed by atoms with Crippen molar-refractivity contribution in [1.29, 1.82) is 0 Å². The molecule has 20 heavy (non-hydrogen) atoms. The summed E-state index contributed by atoms with van der Waals surface area (Å²) in [5, 5.41) is 12.7. The quantitative estimate of drug-likeness (QED) is 0.601. The van der Waals surface area contributed by atoms with Crippen molar-refractivity contribution >= 4 is 21.4 Å². The highest BCUT2D eigenvalue weighted by molar-refractivity contribution is 7.89. The lowest BCUT2D eigenvalue weighted by Gasteiger charge is -2.15. The lowest BCUT2D eigenvalue weighted by atomic mass is 10.1. The fourth-order valence-corrected chi connectivity index (χ4v) is 3.45. The molecule has 1 saturated carbocycles. The first-order valence-electron chi connectivity index (χ1n) is 6.67. The molecule has 0 aromatic heterocycles. The highest BCUT2D eigenvalue weighted by Crippen LogP contribution is 2.28. The van der Waals surface area contributed by atoms with Crippen molar-refractivity contribution in [3.05, 3.63) is 18.2 Å². The van der Waals surface area contributed by atoms with Crippen LogP contribution in [-0.4, -0.2) is 33.2 Å². The van der Waals surface area contributed by atoms with Crippen molar-refractivity contribution in [3.8, 4) is 0 Å². The van der Waals surface area contributed by atoms with Gasteiger partial charge in [-0.1, -0.05) is 0 Å². The zero-order chi connectivity index (χ0) is 14.8. The van der Waals surface area contributed by atoms with Gasteiger partial charge in [0.1, 0.15) is 4.90 Å². The fourth-order valence-electron chi connectivity index (χ4n) is 2.51. The van der Waals surface area contributed by atoms with E-state index in [1.807, 2.05) is 0 Å². The molecule has 2 atom stereocenters. The fraction of sp³-hybridized carbons (Fsp3) is 0.538. The van der Waals surface area contributed by atoms with Crippen LogP contribution in [-0.2, 0) is 10.0 Å². The van der Waals surface area contributed by atoms with Gasteiger partial charge in [-0.2, -0.15) is 0 Å². The summed E-state index contributed by atoms with van der Waals surface area (Å²) in [5.41, 5.74) is 6.60. The summed E-state index contributed by atoms with van der Waals surface area (Å²) in [5.74, 6) is 0.368. The Balaban J connectivity index is 2.15. The second kappa shape index (κ2) is 5.99. The monoisotopic (exact) mass is 299 g/mol. The van der Waals surface area contributed by atoms with Crippen LogP contribution in [0.5, 0.6) is 0 Å². The molecule has 7 heteroatoms. The first-order chi connectivity index (χ1) is 9.42. The van der Waals surface area contributed by atoms with Crippen LogP contribution in [0.1, 0.15) is 19.3 Å². The van der Waals surface area contributed by atoms with Crippen LogP contribution in [0.15, 0.2) is 23.1 Å². The van der Waals surface area contributed by atoms with Crippen molar-refractivity contribution in [2.75, 3.05) is 24.6 Å². The molecule has 1 aromatic rings. The van der Waals surface area contributed by atoms with Gasteiger partial charge in [-0.15, -0.1) is 0 Å². The maximum atomic E-state index is 12.0. The van der Waals surface area contributed by atoms with Gasteiger partial charge in [0.05, 0.1) is 11.8 Å². The second-order valence-electron chi connectivity index (χ2n) is 5.18. The number of benzene rings is 1. The summed E-state index contributed by atoms with van der Waals surface area (Å²) < 4.78 is 26.2. The molecule has 0 amide bonds. The van der Waals surface area contributed by atoms with Gasteiger partial charge >= 0.3 is 0 Å². The Bertz CT molecular complexity index is 574. The minimum absolute atomic E-state index is 0.151. The van der Waals surface area contributed by atoms with Gasteiger partial charge < -0.3 is 16.2 Å². The number of hydrogen-bond donors (Lipinski definition) is 4. The van der Waals surface area contributed by atoms with Gasteiger partial charge in [-0.05, 0) is 50.4 Å². The van der Waals surface area contributed by atoms with Crippen molar-refractivity contribution in [2.45, 2.75) is 30.3 Å². The number of rotatable bonds is 5. The average molecular weight is 299 g/mol. The van der Waals surface area contributed by atoms with Gasteiger partial charge in [0, 0.05) is 12.2 Å². The number of sulfonamides is 1. The maximum absolute atomic E-state index is 12.0. The number of aliphatic hydroxyl groups excluding tert-OH is 1. The van der Waals surface area contributed by atoms with E-state index in [9.17, 15) is 13.5 Å². The molecule has 112 valence electrons. The lowest BCUT2D eigenvalue weighted by molar-refractivity contribution is 0.178. The number of nitrogens with one attached hydrogen (secondary N) is 2. The second-order valence-corrected chi connectivity index (χ2v) is 7.03. The standard InChI is InChI=1S/C13H21N3O3S/c1-15-20(18,19)13-7-10(14)3-5-12(13)16-8-9-2-4-11(17)6-9/h3,5,7,9,11,15-17H,2,4,6,8,14H2,1H3. The number of anilines is 2. The van der Waals surface area contributed by atoms with Crippen LogP contribution < -0.4 is 15.8 Å². The Morgan fingerprint density at radius 1 is 1.40 bits per heavy atom. The van der Waals surface area contributed by atoms with E-state index in [0.717, 1.165) is 19.3 Å². The molecule has 2 rings (SSSR count). The van der Waals surface area contributed by atoms with E-state index in [1.165, 1.54) is 13.1 Å². The van der Waals surface area contributed by atoms with E-state index < -0.39 is 10.0 Å². The van der Waals surface area contributed by atoms with Crippen LogP contribution in [0.4, 0.5) is 11.4 Å². The Hall–Kier alpha value is -1.31. The summed E-state index contributed by atoms with van der Waals surface area (Å²) in [4.78, 5) is 0.151. The number of nitrogen functional groups attached to an aromatic ring is 1. The van der Waals surface area contributed by atoms with Crippen molar-refractivity contribution < 1.29 is 13.5 Å². The highest BCUT2D eigenvalue weighted by atomic mass is 32.2.